The average Bonchev–Trinajstić information content (AvgIpc) is 1.77. The Morgan fingerprint density at radius 3 is 1.44 bits per heavy atom. The molecule has 0 saturated heterocycles. The Hall–Kier alpha value is 0.0374. The monoisotopic (exact) mass is 289 g/mol. The number of sulfonamides is 1. The average molecular weight is 289 g/mol. The van der Waals surface area contributed by atoms with Crippen molar-refractivity contribution < 1.29 is 63.0 Å². The van der Waals surface area contributed by atoms with E-state index in [-0.39, 0.29) is 20.3 Å². The third-order valence-corrected chi connectivity index (χ3v) is 3.46. The Morgan fingerprint density at radius 2 is 1.25 bits per heavy atom. The molecule has 0 bridgehead atoms. The van der Waals surface area contributed by atoms with E-state index in [1.807, 2.05) is 0 Å². The van der Waals surface area contributed by atoms with Crippen molar-refractivity contribution in [2.75, 3.05) is 0 Å². The molecule has 0 rings (SSSR count). The predicted molar refractivity (Wildman–Crippen MR) is 34.2 cm³/mol. The van der Waals surface area contributed by atoms with Gasteiger partial charge in [0, 0.05) is 0 Å². The van der Waals surface area contributed by atoms with Gasteiger partial charge in [-0.15, -0.1) is 0 Å². The first-order valence-corrected chi connectivity index (χ1v) is 5.49. The molecule has 0 aromatic carbocycles. The summed E-state index contributed by atoms with van der Waals surface area (Å²) in [4.78, 5) is 0. The molecule has 5 nitrogen and oxygen atoms in total. The van der Waals surface area contributed by atoms with Gasteiger partial charge in [0.05, 0.1) is 0 Å². The van der Waals surface area contributed by atoms with Crippen LogP contribution in [-0.2, 0) is 20.4 Å². The molecule has 0 unspecified atom stereocenters. The largest absolute Gasteiger partial charge is 1.00 e. The van der Waals surface area contributed by atoms with Gasteiger partial charge in [0.2, 0.25) is 0 Å². The molecule has 94 valence electrons. The summed E-state index contributed by atoms with van der Waals surface area (Å²) in [7, 11) is -13.0. The molecule has 0 aliphatic heterocycles. The second kappa shape index (κ2) is 4.73. The first kappa shape index (κ1) is 18.4. The SMILES string of the molecule is O=S(=O)(F)NS(=O)(=O)C(F)(F)C(F)(F)F.[H-].[Li+]. The van der Waals surface area contributed by atoms with Gasteiger partial charge < -0.3 is 1.43 Å². The number of hydrogen-bond donors (Lipinski definition) is 1. The van der Waals surface area contributed by atoms with Crippen LogP contribution >= 0.6 is 0 Å². The van der Waals surface area contributed by atoms with Crippen molar-refractivity contribution in [3.8, 4) is 0 Å². The van der Waals surface area contributed by atoms with Gasteiger partial charge in [0.25, 0.3) is 0 Å². The van der Waals surface area contributed by atoms with E-state index in [0.29, 0.717) is 0 Å². The maximum atomic E-state index is 12.0. The predicted octanol–water partition coefficient (Wildman–Crippen LogP) is -2.61. The van der Waals surface area contributed by atoms with Crippen molar-refractivity contribution in [3.63, 3.8) is 0 Å². The summed E-state index contributed by atoms with van der Waals surface area (Å²) >= 11 is 0. The maximum Gasteiger partial charge on any atom is 1.00 e. The van der Waals surface area contributed by atoms with E-state index >= 15 is 0 Å². The smallest absolute Gasteiger partial charge is 1.00 e. The molecule has 0 spiro atoms. The fraction of sp³-hybridized carbons (Fsp3) is 1.00. The van der Waals surface area contributed by atoms with Gasteiger partial charge in [-0.3, -0.25) is 0 Å². The van der Waals surface area contributed by atoms with Crippen molar-refractivity contribution in [1.82, 2.24) is 4.13 Å². The van der Waals surface area contributed by atoms with Gasteiger partial charge >= 0.3 is 50.7 Å². The summed E-state index contributed by atoms with van der Waals surface area (Å²) in [5.41, 5.74) is 0. The molecule has 1 N–H and O–H groups in total. The Morgan fingerprint density at radius 1 is 0.938 bits per heavy atom. The van der Waals surface area contributed by atoms with E-state index < -0.39 is 36.0 Å². The van der Waals surface area contributed by atoms with Gasteiger partial charge in [-0.05, 0) is 0 Å². The molecule has 0 saturated carbocycles. The summed E-state index contributed by atoms with van der Waals surface area (Å²) in [6.07, 6.45) is -6.57. The fourth-order valence-electron chi connectivity index (χ4n) is 0.336. The Labute approximate surface area is 99.2 Å². The minimum atomic E-state index is -6.75. The van der Waals surface area contributed by atoms with Crippen molar-refractivity contribution in [3.05, 3.63) is 0 Å². The molecule has 0 fully saturated rings. The van der Waals surface area contributed by atoms with E-state index in [4.69, 9.17) is 0 Å². The third-order valence-electron chi connectivity index (χ3n) is 0.877. The van der Waals surface area contributed by atoms with E-state index in [1.54, 1.807) is 0 Å². The Balaban J connectivity index is -0.000000980. The van der Waals surface area contributed by atoms with Gasteiger partial charge in [0.1, 0.15) is 0 Å². The summed E-state index contributed by atoms with van der Waals surface area (Å²) in [6, 6.07) is 0. The van der Waals surface area contributed by atoms with Crippen molar-refractivity contribution in [2.24, 2.45) is 0 Å². The van der Waals surface area contributed by atoms with Crippen LogP contribution in [0.2, 0.25) is 0 Å². The summed E-state index contributed by atoms with van der Waals surface area (Å²) < 4.78 is 109. The zero-order chi connectivity index (χ0) is 12.7. The quantitative estimate of drug-likeness (QED) is 0.351. The first-order valence-electron chi connectivity index (χ1n) is 2.63. The van der Waals surface area contributed by atoms with Crippen molar-refractivity contribution in [1.29, 1.82) is 0 Å². The topological polar surface area (TPSA) is 80.3 Å². The molecule has 14 heteroatoms. The van der Waals surface area contributed by atoms with Crippen LogP contribution in [0.1, 0.15) is 1.43 Å². The standard InChI is InChI=1S/C2HF6NO4S2.Li.H/c3-1(4,5)2(6,7)14(10,11)9-15(8,12)13;;/h9H;;/q;+1;-1. The van der Waals surface area contributed by atoms with Crippen LogP contribution in [0.15, 0.2) is 0 Å². The number of halogens is 6. The molecule has 0 radical (unpaired) electrons. The molecule has 0 aromatic rings. The van der Waals surface area contributed by atoms with Crippen LogP contribution in [0.4, 0.5) is 25.8 Å². The maximum absolute atomic E-state index is 12.0. The second-order valence-electron chi connectivity index (χ2n) is 2.04. The normalized spacial score (nSPS) is 14.4. The van der Waals surface area contributed by atoms with Gasteiger partial charge in [0.15, 0.2) is 0 Å². The van der Waals surface area contributed by atoms with Gasteiger partial charge in [-0.2, -0.15) is 30.4 Å². The molecule has 0 aliphatic rings. The molecule has 0 aliphatic carbocycles. The minimum Gasteiger partial charge on any atom is -1.00 e. The summed E-state index contributed by atoms with van der Waals surface area (Å²) in [6.45, 7) is 0. The number of alkyl halides is 5. The van der Waals surface area contributed by atoms with Gasteiger partial charge in [-0.1, -0.05) is 8.01 Å². The van der Waals surface area contributed by atoms with E-state index in [0.717, 1.165) is 0 Å². The second-order valence-corrected chi connectivity index (χ2v) is 5.10. The fourth-order valence-corrected chi connectivity index (χ4v) is 2.11. The molecule has 0 aromatic heterocycles. The molecule has 0 heterocycles. The molecular weight excluding hydrogens is 287 g/mol. The molecule has 0 amide bonds. The van der Waals surface area contributed by atoms with E-state index in [9.17, 15) is 42.7 Å². The number of hydrogen-bond acceptors (Lipinski definition) is 4. The zero-order valence-electron chi connectivity index (χ0n) is 8.22. The van der Waals surface area contributed by atoms with Crippen LogP contribution in [0.3, 0.4) is 0 Å². The van der Waals surface area contributed by atoms with Crippen LogP contribution in [0.25, 0.3) is 0 Å². The van der Waals surface area contributed by atoms with Crippen LogP contribution < -0.4 is 23.0 Å². The van der Waals surface area contributed by atoms with Crippen molar-refractivity contribution in [2.45, 2.75) is 11.4 Å². The summed E-state index contributed by atoms with van der Waals surface area (Å²) in [5.74, 6) is 0. The first-order chi connectivity index (χ1) is 6.21. The van der Waals surface area contributed by atoms with Crippen LogP contribution in [0.5, 0.6) is 0 Å². The minimum absolute atomic E-state index is 0. The van der Waals surface area contributed by atoms with Gasteiger partial charge in [-0.25, -0.2) is 8.42 Å². The zero-order valence-corrected chi connectivity index (χ0v) is 8.85. The molecule has 0 atom stereocenters. The number of nitrogens with one attached hydrogen (secondary N) is 1. The Kier molecular flexibility index (Phi) is 5.44. The van der Waals surface area contributed by atoms with Crippen LogP contribution in [-0.4, -0.2) is 28.3 Å². The van der Waals surface area contributed by atoms with E-state index in [2.05, 4.69) is 0 Å². The van der Waals surface area contributed by atoms with Crippen LogP contribution in [0, 0.1) is 0 Å². The summed E-state index contributed by atoms with van der Waals surface area (Å²) in [5, 5.41) is -6.42. The Bertz CT molecular complexity index is 443. The van der Waals surface area contributed by atoms with Crippen molar-refractivity contribution >= 4 is 20.4 Å². The van der Waals surface area contributed by atoms with E-state index in [1.165, 1.54) is 0 Å². The molecular formula is C2H2F6LiNO4S2. The molecule has 16 heavy (non-hydrogen) atoms. The number of rotatable bonds is 3. The third kappa shape index (κ3) is 4.13.